The number of rotatable bonds is 3. The maximum atomic E-state index is 11.6. The van der Waals surface area contributed by atoms with Crippen LogP contribution in [0.4, 0.5) is 5.82 Å². The molecule has 2 heterocycles. The van der Waals surface area contributed by atoms with Gasteiger partial charge in [-0.05, 0) is 18.8 Å². The van der Waals surface area contributed by atoms with E-state index in [1.54, 1.807) is 12.4 Å². The molecule has 0 saturated carbocycles. The first-order valence-corrected chi connectivity index (χ1v) is 6.10. The molecule has 4 nitrogen and oxygen atoms in total. The number of hydrogen-bond donors (Lipinski definition) is 1. The average molecular weight is 221 g/mol. The number of anilines is 1. The third-order valence-corrected chi connectivity index (χ3v) is 3.30. The lowest BCUT2D eigenvalue weighted by Gasteiger charge is -2.31. The minimum absolute atomic E-state index is 0.0727. The zero-order valence-electron chi connectivity index (χ0n) is 9.78. The van der Waals surface area contributed by atoms with E-state index in [-0.39, 0.29) is 5.56 Å². The van der Waals surface area contributed by atoms with Gasteiger partial charge < -0.3 is 9.88 Å². The lowest BCUT2D eigenvalue weighted by molar-refractivity contribution is 0.377. The predicted octanol–water partition coefficient (Wildman–Crippen LogP) is 1.79. The van der Waals surface area contributed by atoms with Crippen molar-refractivity contribution in [1.82, 2.24) is 9.97 Å². The fourth-order valence-corrected chi connectivity index (χ4v) is 2.41. The first kappa shape index (κ1) is 11.2. The van der Waals surface area contributed by atoms with Crippen molar-refractivity contribution in [2.24, 2.45) is 5.92 Å². The van der Waals surface area contributed by atoms with Gasteiger partial charge in [-0.3, -0.25) is 4.79 Å². The standard InChI is InChI=1S/C12H19N3O/c1-2-3-10-4-8-15(9-5-10)11-12(16)14-7-6-13-11/h6-7,10H,2-5,8-9H2,1H3,(H,14,16). The summed E-state index contributed by atoms with van der Waals surface area (Å²) in [6, 6.07) is 0. The van der Waals surface area contributed by atoms with E-state index in [0.29, 0.717) is 5.82 Å². The molecule has 1 fully saturated rings. The molecule has 0 radical (unpaired) electrons. The summed E-state index contributed by atoms with van der Waals surface area (Å²) < 4.78 is 0. The molecule has 0 atom stereocenters. The molecule has 0 aromatic carbocycles. The average Bonchev–Trinajstić information content (AvgIpc) is 2.31. The van der Waals surface area contributed by atoms with Crippen LogP contribution >= 0.6 is 0 Å². The third kappa shape index (κ3) is 2.43. The Morgan fingerprint density at radius 1 is 1.50 bits per heavy atom. The number of aromatic amines is 1. The molecule has 1 aliphatic heterocycles. The van der Waals surface area contributed by atoms with Gasteiger partial charge in [0.25, 0.3) is 5.56 Å². The highest BCUT2D eigenvalue weighted by Gasteiger charge is 2.20. The molecule has 1 aromatic heterocycles. The van der Waals surface area contributed by atoms with Crippen molar-refractivity contribution >= 4 is 5.82 Å². The molecule has 0 spiro atoms. The van der Waals surface area contributed by atoms with Gasteiger partial charge in [-0.2, -0.15) is 0 Å². The van der Waals surface area contributed by atoms with Crippen LogP contribution in [0.3, 0.4) is 0 Å². The van der Waals surface area contributed by atoms with Gasteiger partial charge in [0.2, 0.25) is 0 Å². The Morgan fingerprint density at radius 2 is 2.25 bits per heavy atom. The van der Waals surface area contributed by atoms with Gasteiger partial charge in [0.1, 0.15) is 0 Å². The number of aromatic nitrogens is 2. The highest BCUT2D eigenvalue weighted by atomic mass is 16.1. The number of nitrogens with zero attached hydrogens (tertiary/aromatic N) is 2. The normalized spacial score (nSPS) is 17.7. The van der Waals surface area contributed by atoms with E-state index in [4.69, 9.17) is 0 Å². The van der Waals surface area contributed by atoms with Crippen molar-refractivity contribution in [1.29, 1.82) is 0 Å². The minimum atomic E-state index is -0.0727. The monoisotopic (exact) mass is 221 g/mol. The Kier molecular flexibility index (Phi) is 3.59. The second-order valence-electron chi connectivity index (χ2n) is 4.46. The first-order valence-electron chi connectivity index (χ1n) is 6.10. The number of hydrogen-bond acceptors (Lipinski definition) is 3. The van der Waals surface area contributed by atoms with Crippen molar-refractivity contribution in [3.63, 3.8) is 0 Å². The smallest absolute Gasteiger partial charge is 0.290 e. The van der Waals surface area contributed by atoms with E-state index in [9.17, 15) is 4.79 Å². The van der Waals surface area contributed by atoms with E-state index >= 15 is 0 Å². The summed E-state index contributed by atoms with van der Waals surface area (Å²) in [6.07, 6.45) is 8.17. The highest BCUT2D eigenvalue weighted by Crippen LogP contribution is 2.23. The first-order chi connectivity index (χ1) is 7.81. The van der Waals surface area contributed by atoms with Crippen LogP contribution in [-0.2, 0) is 0 Å². The number of H-pyrrole nitrogens is 1. The van der Waals surface area contributed by atoms with E-state index in [2.05, 4.69) is 21.8 Å². The Labute approximate surface area is 95.7 Å². The second-order valence-corrected chi connectivity index (χ2v) is 4.46. The van der Waals surface area contributed by atoms with Crippen LogP contribution in [0, 0.1) is 5.92 Å². The highest BCUT2D eigenvalue weighted by molar-refractivity contribution is 5.35. The molecule has 1 N–H and O–H groups in total. The number of piperidine rings is 1. The molecule has 0 bridgehead atoms. The fraction of sp³-hybridized carbons (Fsp3) is 0.667. The van der Waals surface area contributed by atoms with Crippen LogP contribution in [0.15, 0.2) is 17.2 Å². The van der Waals surface area contributed by atoms with Gasteiger partial charge in [-0.1, -0.05) is 19.8 Å². The molecule has 16 heavy (non-hydrogen) atoms. The van der Waals surface area contributed by atoms with Crippen molar-refractivity contribution < 1.29 is 0 Å². The van der Waals surface area contributed by atoms with Gasteiger partial charge >= 0.3 is 0 Å². The predicted molar refractivity (Wildman–Crippen MR) is 64.7 cm³/mol. The molecule has 1 aromatic rings. The van der Waals surface area contributed by atoms with Crippen LogP contribution < -0.4 is 10.5 Å². The van der Waals surface area contributed by atoms with Gasteiger partial charge in [-0.15, -0.1) is 0 Å². The Hall–Kier alpha value is -1.32. The van der Waals surface area contributed by atoms with Crippen molar-refractivity contribution in [3.8, 4) is 0 Å². The third-order valence-electron chi connectivity index (χ3n) is 3.30. The summed E-state index contributed by atoms with van der Waals surface area (Å²) in [6.45, 7) is 4.16. The molecule has 1 aliphatic rings. The van der Waals surface area contributed by atoms with Crippen LogP contribution in [0.25, 0.3) is 0 Å². The Morgan fingerprint density at radius 3 is 2.88 bits per heavy atom. The topological polar surface area (TPSA) is 49.0 Å². The maximum absolute atomic E-state index is 11.6. The molecule has 88 valence electrons. The fourth-order valence-electron chi connectivity index (χ4n) is 2.41. The minimum Gasteiger partial charge on any atom is -0.352 e. The molecule has 0 unspecified atom stereocenters. The number of nitrogens with one attached hydrogen (secondary N) is 1. The molecule has 0 aliphatic carbocycles. The molecular formula is C12H19N3O. The summed E-state index contributed by atoms with van der Waals surface area (Å²) in [4.78, 5) is 20.5. The van der Waals surface area contributed by atoms with Crippen LogP contribution in [0.5, 0.6) is 0 Å². The maximum Gasteiger partial charge on any atom is 0.290 e. The van der Waals surface area contributed by atoms with E-state index in [1.165, 1.54) is 25.7 Å². The Bertz CT molecular complexity index is 380. The molecule has 1 saturated heterocycles. The summed E-state index contributed by atoms with van der Waals surface area (Å²) >= 11 is 0. The zero-order valence-corrected chi connectivity index (χ0v) is 9.78. The summed E-state index contributed by atoms with van der Waals surface area (Å²) in [5, 5.41) is 0. The summed E-state index contributed by atoms with van der Waals surface area (Å²) in [5.41, 5.74) is -0.0727. The van der Waals surface area contributed by atoms with Gasteiger partial charge in [0.15, 0.2) is 5.82 Å². The van der Waals surface area contributed by atoms with Crippen LogP contribution in [0.2, 0.25) is 0 Å². The quantitative estimate of drug-likeness (QED) is 0.846. The van der Waals surface area contributed by atoms with Crippen LogP contribution in [0.1, 0.15) is 32.6 Å². The van der Waals surface area contributed by atoms with E-state index in [0.717, 1.165) is 19.0 Å². The van der Waals surface area contributed by atoms with Gasteiger partial charge in [-0.25, -0.2) is 4.98 Å². The summed E-state index contributed by atoms with van der Waals surface area (Å²) in [7, 11) is 0. The van der Waals surface area contributed by atoms with Gasteiger partial charge in [0.05, 0.1) is 0 Å². The van der Waals surface area contributed by atoms with E-state index in [1.807, 2.05) is 0 Å². The summed E-state index contributed by atoms with van der Waals surface area (Å²) in [5.74, 6) is 1.42. The molecule has 0 amide bonds. The second kappa shape index (κ2) is 5.14. The van der Waals surface area contributed by atoms with Crippen molar-refractivity contribution in [2.45, 2.75) is 32.6 Å². The van der Waals surface area contributed by atoms with E-state index < -0.39 is 0 Å². The lowest BCUT2D eigenvalue weighted by atomic mass is 9.92. The molecule has 2 rings (SSSR count). The van der Waals surface area contributed by atoms with Gasteiger partial charge in [0, 0.05) is 25.5 Å². The van der Waals surface area contributed by atoms with Crippen molar-refractivity contribution in [2.75, 3.05) is 18.0 Å². The molecular weight excluding hydrogens is 202 g/mol. The van der Waals surface area contributed by atoms with Crippen LogP contribution in [-0.4, -0.2) is 23.1 Å². The zero-order chi connectivity index (χ0) is 11.4. The Balaban J connectivity index is 1.99. The lowest BCUT2D eigenvalue weighted by Crippen LogP contribution is -2.37. The SMILES string of the molecule is CCCC1CCN(c2ncc[nH]c2=O)CC1. The van der Waals surface area contributed by atoms with Crippen molar-refractivity contribution in [3.05, 3.63) is 22.7 Å². The molecule has 4 heteroatoms. The largest absolute Gasteiger partial charge is 0.352 e.